The minimum atomic E-state index is -1.55. The van der Waals surface area contributed by atoms with Gasteiger partial charge in [0.25, 0.3) is 0 Å². The molecule has 1 rings (SSSR count). The Kier molecular flexibility index (Phi) is 5.36. The number of esters is 1. The molecule has 0 spiro atoms. The predicted molar refractivity (Wildman–Crippen MR) is 72.1 cm³/mol. The number of halogens is 1. The lowest BCUT2D eigenvalue weighted by atomic mass is 9.79. The molecule has 0 saturated heterocycles. The van der Waals surface area contributed by atoms with Crippen LogP contribution in [0.15, 0.2) is 24.3 Å². The summed E-state index contributed by atoms with van der Waals surface area (Å²) in [5.41, 5.74) is -0.856. The van der Waals surface area contributed by atoms with Crippen molar-refractivity contribution >= 4 is 23.5 Å². The molecular formula is C14H17ClO4. The fourth-order valence-corrected chi connectivity index (χ4v) is 2.13. The van der Waals surface area contributed by atoms with E-state index in [9.17, 15) is 14.7 Å². The second-order valence-electron chi connectivity index (χ2n) is 4.27. The number of rotatable bonds is 6. The van der Waals surface area contributed by atoms with Gasteiger partial charge in [0, 0.05) is 5.02 Å². The average Bonchev–Trinajstić information content (AvgIpc) is 2.36. The predicted octanol–water partition coefficient (Wildman–Crippen LogP) is 2.93. The fourth-order valence-electron chi connectivity index (χ4n) is 1.92. The maximum atomic E-state index is 12.0. The zero-order valence-electron chi connectivity index (χ0n) is 11.0. The second-order valence-corrected chi connectivity index (χ2v) is 4.70. The van der Waals surface area contributed by atoms with Gasteiger partial charge in [0.1, 0.15) is 0 Å². The quantitative estimate of drug-likeness (QED) is 0.644. The molecule has 0 aromatic heterocycles. The van der Waals surface area contributed by atoms with Gasteiger partial charge in [0.05, 0.1) is 6.61 Å². The molecule has 0 radical (unpaired) electrons. The summed E-state index contributed by atoms with van der Waals surface area (Å²) >= 11 is 5.87. The van der Waals surface area contributed by atoms with Crippen molar-refractivity contribution in [2.45, 2.75) is 26.7 Å². The largest absolute Gasteiger partial charge is 0.480 e. The molecule has 0 fully saturated rings. The van der Waals surface area contributed by atoms with Crippen molar-refractivity contribution < 1.29 is 19.4 Å². The highest BCUT2D eigenvalue weighted by Gasteiger charge is 2.46. The topological polar surface area (TPSA) is 63.6 Å². The normalized spacial score (nSPS) is 13.6. The molecular weight excluding hydrogens is 268 g/mol. The maximum absolute atomic E-state index is 12.0. The SMILES string of the molecule is CCOC(=O)C(CC)(Cc1cccc(Cl)c1)C(=O)O. The Balaban J connectivity index is 3.10. The van der Waals surface area contributed by atoms with Gasteiger partial charge < -0.3 is 9.84 Å². The number of carboxylic acid groups (broad SMARTS) is 1. The lowest BCUT2D eigenvalue weighted by Gasteiger charge is -2.25. The van der Waals surface area contributed by atoms with E-state index in [1.807, 2.05) is 0 Å². The number of carbonyl (C=O) groups is 2. The van der Waals surface area contributed by atoms with Crippen LogP contribution in [0, 0.1) is 5.41 Å². The zero-order valence-corrected chi connectivity index (χ0v) is 11.7. The third kappa shape index (κ3) is 3.47. The molecule has 0 amide bonds. The highest BCUT2D eigenvalue weighted by atomic mass is 35.5. The standard InChI is InChI=1S/C14H17ClO4/c1-3-14(12(16)17,13(18)19-4-2)9-10-6-5-7-11(15)8-10/h5-8H,3-4,9H2,1-2H3,(H,16,17). The van der Waals surface area contributed by atoms with Crippen LogP contribution in [-0.4, -0.2) is 23.7 Å². The van der Waals surface area contributed by atoms with Crippen LogP contribution in [0.3, 0.4) is 0 Å². The summed E-state index contributed by atoms with van der Waals surface area (Å²) in [7, 11) is 0. The number of benzene rings is 1. The summed E-state index contributed by atoms with van der Waals surface area (Å²) in [4.78, 5) is 23.5. The number of carbonyl (C=O) groups excluding carboxylic acids is 1. The Hall–Kier alpha value is -1.55. The van der Waals surface area contributed by atoms with E-state index in [2.05, 4.69) is 0 Å². The molecule has 0 aliphatic carbocycles. The molecule has 1 aromatic rings. The van der Waals surface area contributed by atoms with Gasteiger partial charge in [-0.2, -0.15) is 0 Å². The molecule has 0 aliphatic rings. The molecule has 1 atom stereocenters. The van der Waals surface area contributed by atoms with Crippen molar-refractivity contribution in [1.82, 2.24) is 0 Å². The Morgan fingerprint density at radius 3 is 2.53 bits per heavy atom. The highest BCUT2D eigenvalue weighted by Crippen LogP contribution is 2.30. The molecule has 0 heterocycles. The van der Waals surface area contributed by atoms with Gasteiger partial charge in [0.2, 0.25) is 0 Å². The summed E-state index contributed by atoms with van der Waals surface area (Å²) in [5, 5.41) is 9.93. The van der Waals surface area contributed by atoms with Crippen LogP contribution in [0.5, 0.6) is 0 Å². The molecule has 0 saturated carbocycles. The van der Waals surface area contributed by atoms with Crippen LogP contribution in [0.2, 0.25) is 5.02 Å². The zero-order chi connectivity index (χ0) is 14.5. The van der Waals surface area contributed by atoms with Crippen LogP contribution in [0.1, 0.15) is 25.8 Å². The van der Waals surface area contributed by atoms with E-state index < -0.39 is 17.4 Å². The molecule has 5 heteroatoms. The Morgan fingerprint density at radius 2 is 2.05 bits per heavy atom. The van der Waals surface area contributed by atoms with E-state index in [4.69, 9.17) is 16.3 Å². The van der Waals surface area contributed by atoms with E-state index in [0.29, 0.717) is 10.6 Å². The molecule has 0 aliphatic heterocycles. The van der Waals surface area contributed by atoms with Crippen molar-refractivity contribution in [1.29, 1.82) is 0 Å². The molecule has 1 aromatic carbocycles. The number of hydrogen-bond donors (Lipinski definition) is 1. The lowest BCUT2D eigenvalue weighted by Crippen LogP contribution is -2.42. The van der Waals surface area contributed by atoms with E-state index >= 15 is 0 Å². The lowest BCUT2D eigenvalue weighted by molar-refractivity contribution is -0.168. The van der Waals surface area contributed by atoms with Crippen LogP contribution in [-0.2, 0) is 20.7 Å². The van der Waals surface area contributed by atoms with Crippen LogP contribution in [0.4, 0.5) is 0 Å². The van der Waals surface area contributed by atoms with E-state index in [-0.39, 0.29) is 19.4 Å². The minimum absolute atomic E-state index is 0.0677. The van der Waals surface area contributed by atoms with E-state index in [1.54, 1.807) is 38.1 Å². The third-order valence-corrected chi connectivity index (χ3v) is 3.31. The number of ether oxygens (including phenoxy) is 1. The third-order valence-electron chi connectivity index (χ3n) is 3.07. The van der Waals surface area contributed by atoms with Gasteiger partial charge in [-0.15, -0.1) is 0 Å². The van der Waals surface area contributed by atoms with Gasteiger partial charge in [-0.3, -0.25) is 9.59 Å². The summed E-state index contributed by atoms with van der Waals surface area (Å²) in [6.07, 6.45) is 0.228. The van der Waals surface area contributed by atoms with E-state index in [1.165, 1.54) is 0 Å². The molecule has 0 bridgehead atoms. The number of carboxylic acids is 1. The summed E-state index contributed by atoms with van der Waals surface area (Å²) < 4.78 is 4.91. The van der Waals surface area contributed by atoms with Gasteiger partial charge in [0.15, 0.2) is 5.41 Å². The first kappa shape index (κ1) is 15.5. The van der Waals surface area contributed by atoms with Gasteiger partial charge in [-0.25, -0.2) is 0 Å². The summed E-state index contributed by atoms with van der Waals surface area (Å²) in [6, 6.07) is 6.83. The van der Waals surface area contributed by atoms with Crippen molar-refractivity contribution in [2.24, 2.45) is 5.41 Å². The smallest absolute Gasteiger partial charge is 0.323 e. The molecule has 104 valence electrons. The Bertz CT molecular complexity index is 472. The first-order valence-corrected chi connectivity index (χ1v) is 6.49. The van der Waals surface area contributed by atoms with Crippen molar-refractivity contribution in [3.8, 4) is 0 Å². The van der Waals surface area contributed by atoms with Crippen LogP contribution in [0.25, 0.3) is 0 Å². The fraction of sp³-hybridized carbons (Fsp3) is 0.429. The maximum Gasteiger partial charge on any atom is 0.323 e. The number of hydrogen-bond acceptors (Lipinski definition) is 3. The highest BCUT2D eigenvalue weighted by molar-refractivity contribution is 6.30. The average molecular weight is 285 g/mol. The van der Waals surface area contributed by atoms with E-state index in [0.717, 1.165) is 0 Å². The van der Waals surface area contributed by atoms with Crippen LogP contribution >= 0.6 is 11.6 Å². The van der Waals surface area contributed by atoms with Gasteiger partial charge >= 0.3 is 11.9 Å². The monoisotopic (exact) mass is 284 g/mol. The van der Waals surface area contributed by atoms with Crippen molar-refractivity contribution in [3.63, 3.8) is 0 Å². The van der Waals surface area contributed by atoms with Crippen molar-refractivity contribution in [2.75, 3.05) is 6.61 Å². The second kappa shape index (κ2) is 6.57. The van der Waals surface area contributed by atoms with Crippen molar-refractivity contribution in [3.05, 3.63) is 34.9 Å². The molecule has 4 nitrogen and oxygen atoms in total. The molecule has 1 N–H and O–H groups in total. The Labute approximate surface area is 117 Å². The van der Waals surface area contributed by atoms with Gasteiger partial charge in [-0.1, -0.05) is 30.7 Å². The summed E-state index contributed by atoms with van der Waals surface area (Å²) in [5.74, 6) is -1.88. The molecule has 1 unspecified atom stereocenters. The number of aliphatic carboxylic acids is 1. The first-order valence-electron chi connectivity index (χ1n) is 6.11. The minimum Gasteiger partial charge on any atom is -0.480 e. The molecule has 19 heavy (non-hydrogen) atoms. The van der Waals surface area contributed by atoms with Crippen LogP contribution < -0.4 is 0 Å². The van der Waals surface area contributed by atoms with Gasteiger partial charge in [-0.05, 0) is 37.5 Å². The first-order chi connectivity index (χ1) is 8.96. The Morgan fingerprint density at radius 1 is 1.37 bits per heavy atom. The summed E-state index contributed by atoms with van der Waals surface area (Å²) in [6.45, 7) is 3.47.